The fourth-order valence-corrected chi connectivity index (χ4v) is 5.63. The lowest BCUT2D eigenvalue weighted by Gasteiger charge is -2.36. The van der Waals surface area contributed by atoms with Gasteiger partial charge in [-0.2, -0.15) is 0 Å². The molecular formula is C32H26N2O12. The molecule has 3 heterocycles. The SMILES string of the molecule is O=C(CCCCCNC(=O)c1cc(C(=O)O)cc2c1C(=O)OC21c2ccc(O)cc2Oc2cc(O)ccc21)On1c(O)ccc1O. The second-order valence-electron chi connectivity index (χ2n) is 10.7. The van der Waals surface area contributed by atoms with Crippen molar-refractivity contribution < 1.29 is 59.0 Å². The predicted octanol–water partition coefficient (Wildman–Crippen LogP) is 3.52. The molecule has 1 spiro atoms. The molecule has 6 rings (SSSR count). The number of nitrogens with zero attached hydrogens (tertiary/aromatic N) is 1. The molecule has 3 aromatic carbocycles. The van der Waals surface area contributed by atoms with Gasteiger partial charge in [-0.1, -0.05) is 6.42 Å². The number of carbonyl (C=O) groups excluding carboxylic acids is 3. The van der Waals surface area contributed by atoms with Gasteiger partial charge in [0, 0.05) is 53.9 Å². The smallest absolute Gasteiger partial charge is 0.340 e. The van der Waals surface area contributed by atoms with Gasteiger partial charge in [-0.3, -0.25) is 4.79 Å². The number of amides is 1. The fraction of sp³-hybridized carbons (Fsp3) is 0.188. The Morgan fingerprint density at radius 1 is 0.804 bits per heavy atom. The number of ether oxygens (including phenoxy) is 2. The van der Waals surface area contributed by atoms with E-state index >= 15 is 0 Å². The average Bonchev–Trinajstić information content (AvgIpc) is 3.49. The molecule has 1 aromatic heterocycles. The largest absolute Gasteiger partial charge is 0.508 e. The molecule has 2 aliphatic heterocycles. The van der Waals surface area contributed by atoms with Crippen LogP contribution in [0.3, 0.4) is 0 Å². The van der Waals surface area contributed by atoms with Crippen molar-refractivity contribution in [3.63, 3.8) is 0 Å². The van der Waals surface area contributed by atoms with E-state index in [4.69, 9.17) is 14.3 Å². The monoisotopic (exact) mass is 630 g/mol. The van der Waals surface area contributed by atoms with Crippen molar-refractivity contribution in [1.82, 2.24) is 10.0 Å². The number of phenolic OH excluding ortho intramolecular Hbond substituents is 2. The Morgan fingerprint density at radius 2 is 1.43 bits per heavy atom. The Hall–Kier alpha value is -6.18. The molecule has 6 N–H and O–H groups in total. The Kier molecular flexibility index (Phi) is 7.40. The summed E-state index contributed by atoms with van der Waals surface area (Å²) in [7, 11) is 0. The highest BCUT2D eigenvalue weighted by molar-refractivity contribution is 6.10. The number of unbranched alkanes of at least 4 members (excludes halogenated alkanes) is 2. The zero-order chi connectivity index (χ0) is 32.7. The number of carboxylic acids is 1. The van der Waals surface area contributed by atoms with Gasteiger partial charge >= 0.3 is 17.9 Å². The molecule has 0 saturated heterocycles. The third-order valence-electron chi connectivity index (χ3n) is 7.70. The van der Waals surface area contributed by atoms with Gasteiger partial charge in [0.2, 0.25) is 11.8 Å². The number of aromatic nitrogens is 1. The zero-order valence-electron chi connectivity index (χ0n) is 23.9. The number of carboxylic acid groups (broad SMARTS) is 1. The summed E-state index contributed by atoms with van der Waals surface area (Å²) >= 11 is 0. The second-order valence-corrected chi connectivity index (χ2v) is 10.7. The summed E-state index contributed by atoms with van der Waals surface area (Å²) in [4.78, 5) is 56.1. The van der Waals surface area contributed by atoms with Crippen molar-refractivity contribution in [1.29, 1.82) is 0 Å². The number of hydrogen-bond acceptors (Lipinski definition) is 11. The van der Waals surface area contributed by atoms with Crippen molar-refractivity contribution in [3.8, 4) is 34.8 Å². The maximum Gasteiger partial charge on any atom is 0.340 e. The molecule has 4 aromatic rings. The molecule has 1 amide bonds. The number of aromatic hydroxyl groups is 4. The van der Waals surface area contributed by atoms with Crippen LogP contribution in [0.5, 0.6) is 34.8 Å². The molecule has 2 aliphatic rings. The van der Waals surface area contributed by atoms with Crippen molar-refractivity contribution in [2.24, 2.45) is 0 Å². The fourth-order valence-electron chi connectivity index (χ4n) is 5.63. The standard InChI is InChI=1S/C32H26N2O12/c35-17-5-7-20-23(14-17)44-24-15-18(36)6-8-21(24)32(20)22-13-16(30(41)42)12-19(28(22)31(43)45-32)29(40)33-11-3-1-2-4-27(39)46-34-25(37)9-10-26(34)38/h5-10,12-15,35-38H,1-4,11H2,(H,33,40)(H,41,42). The molecule has 0 atom stereocenters. The van der Waals surface area contributed by atoms with Crippen LogP contribution in [0.25, 0.3) is 0 Å². The van der Waals surface area contributed by atoms with Gasteiger partial charge < -0.3 is 45.2 Å². The molecule has 14 heteroatoms. The number of hydrogen-bond donors (Lipinski definition) is 6. The van der Waals surface area contributed by atoms with Crippen LogP contribution in [-0.2, 0) is 15.1 Å². The Bertz CT molecular complexity index is 1860. The van der Waals surface area contributed by atoms with E-state index in [2.05, 4.69) is 5.32 Å². The summed E-state index contributed by atoms with van der Waals surface area (Å²) in [6, 6.07) is 12.9. The van der Waals surface area contributed by atoms with Crippen LogP contribution in [0, 0.1) is 0 Å². The number of aromatic carboxylic acids is 1. The van der Waals surface area contributed by atoms with Gasteiger partial charge in [0.15, 0.2) is 5.60 Å². The van der Waals surface area contributed by atoms with Crippen LogP contribution < -0.4 is 14.9 Å². The molecule has 0 saturated carbocycles. The number of rotatable bonds is 9. The lowest BCUT2D eigenvalue weighted by atomic mass is 9.76. The van der Waals surface area contributed by atoms with E-state index in [1.165, 1.54) is 42.5 Å². The molecule has 0 unspecified atom stereocenters. The van der Waals surface area contributed by atoms with Crippen LogP contribution in [0.1, 0.15) is 73.4 Å². The van der Waals surface area contributed by atoms with Gasteiger partial charge in [0.05, 0.1) is 16.7 Å². The van der Waals surface area contributed by atoms with Crippen molar-refractivity contribution in [2.75, 3.05) is 6.54 Å². The Balaban J connectivity index is 1.24. The predicted molar refractivity (Wildman–Crippen MR) is 155 cm³/mol. The summed E-state index contributed by atoms with van der Waals surface area (Å²) in [5.74, 6) is -4.67. The molecule has 0 bridgehead atoms. The third kappa shape index (κ3) is 5.04. The highest BCUT2D eigenvalue weighted by Gasteiger charge is 2.55. The van der Waals surface area contributed by atoms with Gasteiger partial charge in [-0.15, -0.1) is 4.73 Å². The minimum Gasteiger partial charge on any atom is -0.508 e. The molecule has 0 fully saturated rings. The summed E-state index contributed by atoms with van der Waals surface area (Å²) in [6.45, 7) is 0.122. The Morgan fingerprint density at radius 3 is 2.04 bits per heavy atom. The molecule has 14 nitrogen and oxygen atoms in total. The Labute approximate surface area is 259 Å². The van der Waals surface area contributed by atoms with Crippen LogP contribution in [0.2, 0.25) is 0 Å². The van der Waals surface area contributed by atoms with Crippen molar-refractivity contribution in [3.05, 3.63) is 94.0 Å². The third-order valence-corrected chi connectivity index (χ3v) is 7.70. The van der Waals surface area contributed by atoms with E-state index in [-0.39, 0.29) is 69.3 Å². The number of benzene rings is 3. The summed E-state index contributed by atoms with van der Waals surface area (Å²) in [5, 5.41) is 52.0. The lowest BCUT2D eigenvalue weighted by molar-refractivity contribution is -0.145. The molecular weight excluding hydrogens is 604 g/mol. The first-order chi connectivity index (χ1) is 22.0. The minimum atomic E-state index is -1.76. The zero-order valence-corrected chi connectivity index (χ0v) is 23.9. The number of esters is 1. The first-order valence-electron chi connectivity index (χ1n) is 14.1. The van der Waals surface area contributed by atoms with Gasteiger partial charge in [0.1, 0.15) is 23.0 Å². The number of phenols is 2. The van der Waals surface area contributed by atoms with E-state index in [1.54, 1.807) is 0 Å². The van der Waals surface area contributed by atoms with Crippen LogP contribution in [0.4, 0.5) is 0 Å². The first kappa shape index (κ1) is 29.9. The van der Waals surface area contributed by atoms with Crippen LogP contribution in [-0.4, -0.2) is 60.6 Å². The van der Waals surface area contributed by atoms with E-state index in [0.29, 0.717) is 24.0 Å². The van der Waals surface area contributed by atoms with Crippen LogP contribution >= 0.6 is 0 Å². The second kappa shape index (κ2) is 11.4. The number of nitrogens with one attached hydrogen (secondary N) is 1. The van der Waals surface area contributed by atoms with E-state index in [1.807, 2.05) is 0 Å². The summed E-state index contributed by atoms with van der Waals surface area (Å²) in [5.41, 5.74) is -1.81. The molecule has 236 valence electrons. The lowest BCUT2D eigenvalue weighted by Crippen LogP contribution is -2.33. The highest BCUT2D eigenvalue weighted by atomic mass is 16.7. The number of fused-ring (bicyclic) bond motifs is 6. The number of carbonyl (C=O) groups is 4. The van der Waals surface area contributed by atoms with Crippen LogP contribution in [0.15, 0.2) is 60.7 Å². The summed E-state index contributed by atoms with van der Waals surface area (Å²) in [6.07, 6.45) is 1.22. The normalized spacial score (nSPS) is 13.6. The van der Waals surface area contributed by atoms with E-state index < -0.39 is 41.2 Å². The first-order valence-corrected chi connectivity index (χ1v) is 14.1. The highest BCUT2D eigenvalue weighted by Crippen LogP contribution is 2.57. The van der Waals surface area contributed by atoms with E-state index in [0.717, 1.165) is 18.2 Å². The van der Waals surface area contributed by atoms with Crippen molar-refractivity contribution >= 4 is 23.8 Å². The average molecular weight is 631 g/mol. The molecule has 46 heavy (non-hydrogen) atoms. The summed E-state index contributed by atoms with van der Waals surface area (Å²) < 4.78 is 12.5. The van der Waals surface area contributed by atoms with Gasteiger partial charge in [0.25, 0.3) is 5.91 Å². The topological polar surface area (TPSA) is 214 Å². The minimum absolute atomic E-state index is 0.0324. The van der Waals surface area contributed by atoms with Gasteiger partial charge in [-0.05, 0) is 49.2 Å². The maximum atomic E-state index is 13.6. The maximum absolute atomic E-state index is 13.6. The molecule has 0 radical (unpaired) electrons. The quantitative estimate of drug-likeness (QED) is 0.116. The molecule has 0 aliphatic carbocycles. The van der Waals surface area contributed by atoms with Gasteiger partial charge in [-0.25, -0.2) is 14.4 Å². The van der Waals surface area contributed by atoms with Crippen molar-refractivity contribution in [2.45, 2.75) is 31.3 Å². The van der Waals surface area contributed by atoms with E-state index in [9.17, 15) is 44.7 Å².